The highest BCUT2D eigenvalue weighted by Crippen LogP contribution is 2.16. The molecule has 1 aromatic carbocycles. The molecular formula is C11H17N3OS. The Balaban J connectivity index is 2.67. The van der Waals surface area contributed by atoms with Gasteiger partial charge in [0.15, 0.2) is 0 Å². The number of nitrogens with two attached hydrogens (primary N) is 2. The first-order chi connectivity index (χ1) is 7.65. The van der Waals surface area contributed by atoms with Crippen molar-refractivity contribution >= 4 is 17.7 Å². The Labute approximate surface area is 99.7 Å². The fraction of sp³-hybridized carbons (Fsp3) is 0.364. The fourth-order valence-electron chi connectivity index (χ4n) is 1.30. The van der Waals surface area contributed by atoms with Crippen molar-refractivity contribution in [2.45, 2.75) is 18.7 Å². The Morgan fingerprint density at radius 1 is 1.50 bits per heavy atom. The van der Waals surface area contributed by atoms with Gasteiger partial charge in [0.05, 0.1) is 0 Å². The number of nitrogens with one attached hydrogen (secondary N) is 1. The third-order valence-corrected chi connectivity index (χ3v) is 3.31. The van der Waals surface area contributed by atoms with E-state index in [4.69, 9.17) is 11.6 Å². The van der Waals surface area contributed by atoms with Gasteiger partial charge in [-0.15, -0.1) is 0 Å². The standard InChI is InChI=1S/C11H17N3OS/c1-8(12)6-16-7-9-4-2-3-5-10(9)11(15)14-13/h2-5,8H,6-7,12-13H2,1H3,(H,14,15). The smallest absolute Gasteiger partial charge is 0.265 e. The van der Waals surface area contributed by atoms with Crippen LogP contribution in [0, 0.1) is 0 Å². The van der Waals surface area contributed by atoms with Gasteiger partial charge < -0.3 is 5.73 Å². The van der Waals surface area contributed by atoms with Crippen LogP contribution in [-0.4, -0.2) is 17.7 Å². The quantitative estimate of drug-likeness (QED) is 0.404. The van der Waals surface area contributed by atoms with Gasteiger partial charge in [0.25, 0.3) is 5.91 Å². The lowest BCUT2D eigenvalue weighted by molar-refractivity contribution is 0.0953. The zero-order valence-corrected chi connectivity index (χ0v) is 10.1. The molecule has 0 spiro atoms. The van der Waals surface area contributed by atoms with E-state index in [2.05, 4.69) is 5.43 Å². The predicted octanol–water partition coefficient (Wildman–Crippen LogP) is 0.871. The minimum atomic E-state index is -0.253. The lowest BCUT2D eigenvalue weighted by atomic mass is 10.1. The van der Waals surface area contributed by atoms with Crippen molar-refractivity contribution < 1.29 is 4.79 Å². The summed E-state index contributed by atoms with van der Waals surface area (Å²) in [7, 11) is 0. The molecule has 0 aliphatic carbocycles. The molecule has 1 amide bonds. The van der Waals surface area contributed by atoms with Gasteiger partial charge in [-0.1, -0.05) is 18.2 Å². The summed E-state index contributed by atoms with van der Waals surface area (Å²) in [6, 6.07) is 7.60. The second kappa shape index (κ2) is 6.52. The molecular weight excluding hydrogens is 222 g/mol. The van der Waals surface area contributed by atoms with Crippen molar-refractivity contribution in [3.8, 4) is 0 Å². The van der Waals surface area contributed by atoms with Gasteiger partial charge in [0.2, 0.25) is 0 Å². The fourth-order valence-corrected chi connectivity index (χ4v) is 2.26. The molecule has 0 aliphatic rings. The highest BCUT2D eigenvalue weighted by atomic mass is 32.2. The van der Waals surface area contributed by atoms with Crippen LogP contribution in [0.5, 0.6) is 0 Å². The van der Waals surface area contributed by atoms with Crippen LogP contribution in [0.2, 0.25) is 0 Å². The largest absolute Gasteiger partial charge is 0.327 e. The third-order valence-electron chi connectivity index (χ3n) is 2.03. The number of nitrogen functional groups attached to an aromatic ring is 1. The molecule has 1 rings (SSSR count). The molecule has 0 fully saturated rings. The number of thioether (sulfide) groups is 1. The zero-order chi connectivity index (χ0) is 12.0. The second-order valence-electron chi connectivity index (χ2n) is 3.62. The Bertz CT molecular complexity index is 355. The number of carbonyl (C=O) groups excluding carboxylic acids is 1. The lowest BCUT2D eigenvalue weighted by Crippen LogP contribution is -2.30. The molecule has 4 nitrogen and oxygen atoms in total. The highest BCUT2D eigenvalue weighted by Gasteiger charge is 2.09. The Kier molecular flexibility index (Phi) is 5.31. The van der Waals surface area contributed by atoms with Crippen LogP contribution >= 0.6 is 11.8 Å². The molecule has 0 heterocycles. The second-order valence-corrected chi connectivity index (χ2v) is 4.65. The maximum atomic E-state index is 11.5. The Morgan fingerprint density at radius 2 is 2.19 bits per heavy atom. The van der Waals surface area contributed by atoms with Crippen LogP contribution in [0.25, 0.3) is 0 Å². The first-order valence-electron chi connectivity index (χ1n) is 5.07. The molecule has 0 aliphatic heterocycles. The van der Waals surface area contributed by atoms with E-state index >= 15 is 0 Å². The van der Waals surface area contributed by atoms with E-state index in [9.17, 15) is 4.79 Å². The highest BCUT2D eigenvalue weighted by molar-refractivity contribution is 7.98. The molecule has 0 saturated carbocycles. The van der Waals surface area contributed by atoms with Crippen molar-refractivity contribution in [1.29, 1.82) is 0 Å². The van der Waals surface area contributed by atoms with Crippen molar-refractivity contribution in [2.24, 2.45) is 11.6 Å². The molecule has 0 bridgehead atoms. The monoisotopic (exact) mass is 239 g/mol. The van der Waals surface area contributed by atoms with Crippen LogP contribution in [0.4, 0.5) is 0 Å². The van der Waals surface area contributed by atoms with Gasteiger partial charge in [-0.25, -0.2) is 5.84 Å². The maximum Gasteiger partial charge on any atom is 0.265 e. The predicted molar refractivity (Wildman–Crippen MR) is 67.9 cm³/mol. The van der Waals surface area contributed by atoms with Crippen molar-refractivity contribution in [1.82, 2.24) is 5.43 Å². The molecule has 1 unspecified atom stereocenters. The van der Waals surface area contributed by atoms with Crippen molar-refractivity contribution in [3.63, 3.8) is 0 Å². The van der Waals surface area contributed by atoms with E-state index in [1.54, 1.807) is 17.8 Å². The van der Waals surface area contributed by atoms with Gasteiger partial charge >= 0.3 is 0 Å². The topological polar surface area (TPSA) is 81.1 Å². The van der Waals surface area contributed by atoms with Gasteiger partial charge in [0.1, 0.15) is 0 Å². The van der Waals surface area contributed by atoms with E-state index in [0.717, 1.165) is 17.1 Å². The summed E-state index contributed by atoms with van der Waals surface area (Å²) in [5.41, 5.74) is 9.42. The van der Waals surface area contributed by atoms with E-state index in [1.165, 1.54) is 0 Å². The molecule has 0 radical (unpaired) electrons. The summed E-state index contributed by atoms with van der Waals surface area (Å²) >= 11 is 1.71. The number of hydrazine groups is 1. The number of amides is 1. The number of carbonyl (C=O) groups is 1. The van der Waals surface area contributed by atoms with E-state index < -0.39 is 0 Å². The molecule has 1 aromatic rings. The normalized spacial score (nSPS) is 12.2. The number of hydrogen-bond donors (Lipinski definition) is 3. The minimum absolute atomic E-state index is 0.167. The van der Waals surface area contributed by atoms with Crippen LogP contribution in [0.1, 0.15) is 22.8 Å². The number of benzene rings is 1. The average molecular weight is 239 g/mol. The third kappa shape index (κ3) is 3.84. The van der Waals surface area contributed by atoms with E-state index in [0.29, 0.717) is 5.56 Å². The summed E-state index contributed by atoms with van der Waals surface area (Å²) in [6.45, 7) is 1.96. The summed E-state index contributed by atoms with van der Waals surface area (Å²) in [4.78, 5) is 11.5. The lowest BCUT2D eigenvalue weighted by Gasteiger charge is -2.09. The molecule has 5 heteroatoms. The van der Waals surface area contributed by atoms with Crippen molar-refractivity contribution in [3.05, 3.63) is 35.4 Å². The Hall–Kier alpha value is -1.04. The SMILES string of the molecule is CC(N)CSCc1ccccc1C(=O)NN. The van der Waals surface area contributed by atoms with Crippen LogP contribution in [0.3, 0.4) is 0 Å². The van der Waals surface area contributed by atoms with Crippen LogP contribution in [-0.2, 0) is 5.75 Å². The molecule has 0 aromatic heterocycles. The van der Waals surface area contributed by atoms with Gasteiger partial charge in [0, 0.05) is 23.1 Å². The molecule has 0 saturated heterocycles. The average Bonchev–Trinajstić information content (AvgIpc) is 2.28. The summed E-state index contributed by atoms with van der Waals surface area (Å²) in [5, 5.41) is 0. The van der Waals surface area contributed by atoms with Gasteiger partial charge in [-0.3, -0.25) is 10.2 Å². The molecule has 88 valence electrons. The van der Waals surface area contributed by atoms with Gasteiger partial charge in [-0.05, 0) is 18.6 Å². The van der Waals surface area contributed by atoms with E-state index in [1.807, 2.05) is 25.1 Å². The van der Waals surface area contributed by atoms with E-state index in [-0.39, 0.29) is 11.9 Å². The van der Waals surface area contributed by atoms with Crippen molar-refractivity contribution in [2.75, 3.05) is 5.75 Å². The number of rotatable bonds is 5. The first kappa shape index (κ1) is 13.0. The minimum Gasteiger partial charge on any atom is -0.327 e. The van der Waals surface area contributed by atoms with Gasteiger partial charge in [-0.2, -0.15) is 11.8 Å². The zero-order valence-electron chi connectivity index (χ0n) is 9.27. The molecule has 16 heavy (non-hydrogen) atoms. The molecule has 1 atom stereocenters. The molecule has 5 N–H and O–H groups in total. The van der Waals surface area contributed by atoms with Crippen LogP contribution in [0.15, 0.2) is 24.3 Å². The first-order valence-corrected chi connectivity index (χ1v) is 6.22. The Morgan fingerprint density at radius 3 is 2.81 bits per heavy atom. The van der Waals surface area contributed by atoms with Crippen LogP contribution < -0.4 is 17.0 Å². The summed E-state index contributed by atoms with van der Waals surface area (Å²) in [6.07, 6.45) is 0. The number of hydrogen-bond acceptors (Lipinski definition) is 4. The summed E-state index contributed by atoms with van der Waals surface area (Å²) < 4.78 is 0. The summed E-state index contributed by atoms with van der Waals surface area (Å²) in [5.74, 6) is 6.51. The maximum absolute atomic E-state index is 11.5.